The molecule has 0 unspecified atom stereocenters. The largest absolute Gasteiger partial charge is 0.494 e. The summed E-state index contributed by atoms with van der Waals surface area (Å²) < 4.78 is 16.7. The van der Waals surface area contributed by atoms with Crippen molar-refractivity contribution in [1.29, 1.82) is 0 Å². The molecule has 3 aromatic rings. The van der Waals surface area contributed by atoms with Crippen LogP contribution in [0.3, 0.4) is 0 Å². The topological polar surface area (TPSA) is 60.8 Å². The average Bonchev–Trinajstić information content (AvgIpc) is 2.71. The highest BCUT2D eigenvalue weighted by Gasteiger charge is 2.10. The first-order valence-corrected chi connectivity index (χ1v) is 9.65. The summed E-state index contributed by atoms with van der Waals surface area (Å²) in [6, 6.07) is 13.8. The summed E-state index contributed by atoms with van der Waals surface area (Å²) >= 11 is 0. The van der Waals surface area contributed by atoms with Gasteiger partial charge < -0.3 is 19.3 Å². The Hall–Kier alpha value is -2.63. The first-order valence-electron chi connectivity index (χ1n) is 9.65. The Kier molecular flexibility index (Phi) is 6.85. The van der Waals surface area contributed by atoms with Gasteiger partial charge in [0.1, 0.15) is 18.1 Å². The number of pyridine rings is 1. The maximum Gasteiger partial charge on any atom is 0.124 e. The van der Waals surface area contributed by atoms with Gasteiger partial charge in [0.2, 0.25) is 0 Å². The zero-order chi connectivity index (χ0) is 19.9. The Balaban J connectivity index is 1.93. The molecule has 0 aliphatic heterocycles. The van der Waals surface area contributed by atoms with E-state index in [2.05, 4.69) is 13.0 Å². The Morgan fingerprint density at radius 2 is 1.79 bits per heavy atom. The van der Waals surface area contributed by atoms with E-state index in [1.165, 1.54) is 0 Å². The standard InChI is InChI=1S/C23H27NO4/c1-4-26-10-11-28-19-7-8-20-16(3)12-21(24-22(20)14-19)17-6-9-23(27-5-2)18(13-17)15-25/h6-9,12-14,25H,4-5,10-11,15H2,1-3H3. The van der Waals surface area contributed by atoms with Gasteiger partial charge in [-0.3, -0.25) is 0 Å². The Labute approximate surface area is 165 Å². The van der Waals surface area contributed by atoms with Crippen LogP contribution >= 0.6 is 0 Å². The summed E-state index contributed by atoms with van der Waals surface area (Å²) in [4.78, 5) is 4.83. The van der Waals surface area contributed by atoms with Crippen molar-refractivity contribution >= 4 is 10.9 Å². The van der Waals surface area contributed by atoms with E-state index in [9.17, 15) is 5.11 Å². The van der Waals surface area contributed by atoms with Crippen molar-refractivity contribution < 1.29 is 19.3 Å². The van der Waals surface area contributed by atoms with E-state index in [1.807, 2.05) is 50.2 Å². The van der Waals surface area contributed by atoms with Gasteiger partial charge in [0.05, 0.1) is 31.0 Å². The van der Waals surface area contributed by atoms with Crippen molar-refractivity contribution in [1.82, 2.24) is 4.98 Å². The van der Waals surface area contributed by atoms with Crippen LogP contribution in [0.4, 0.5) is 0 Å². The first-order chi connectivity index (χ1) is 13.7. The van der Waals surface area contributed by atoms with Gasteiger partial charge in [0.15, 0.2) is 0 Å². The highest BCUT2D eigenvalue weighted by Crippen LogP contribution is 2.30. The smallest absolute Gasteiger partial charge is 0.124 e. The number of ether oxygens (including phenoxy) is 3. The molecule has 0 bridgehead atoms. The van der Waals surface area contributed by atoms with Crippen LogP contribution < -0.4 is 9.47 Å². The fourth-order valence-corrected chi connectivity index (χ4v) is 3.14. The van der Waals surface area contributed by atoms with Crippen molar-refractivity contribution in [2.75, 3.05) is 26.4 Å². The summed E-state index contributed by atoms with van der Waals surface area (Å²) in [5.74, 6) is 1.48. The number of aromatic nitrogens is 1. The number of aryl methyl sites for hydroxylation is 1. The van der Waals surface area contributed by atoms with E-state index in [0.29, 0.717) is 32.2 Å². The minimum atomic E-state index is -0.0758. The van der Waals surface area contributed by atoms with Crippen LogP contribution in [-0.4, -0.2) is 36.5 Å². The molecule has 1 heterocycles. The van der Waals surface area contributed by atoms with Gasteiger partial charge in [-0.25, -0.2) is 4.98 Å². The molecule has 0 aliphatic rings. The lowest BCUT2D eigenvalue weighted by atomic mass is 10.0. The van der Waals surface area contributed by atoms with Crippen LogP contribution in [0.2, 0.25) is 0 Å². The summed E-state index contributed by atoms with van der Waals surface area (Å²) in [5, 5.41) is 10.8. The van der Waals surface area contributed by atoms with Gasteiger partial charge in [-0.05, 0) is 62.7 Å². The van der Waals surface area contributed by atoms with Gasteiger partial charge in [-0.1, -0.05) is 0 Å². The minimum absolute atomic E-state index is 0.0758. The maximum absolute atomic E-state index is 9.67. The minimum Gasteiger partial charge on any atom is -0.494 e. The fraction of sp³-hybridized carbons (Fsp3) is 0.348. The molecule has 0 saturated heterocycles. The number of aliphatic hydroxyl groups is 1. The lowest BCUT2D eigenvalue weighted by Gasteiger charge is -2.12. The molecule has 0 spiro atoms. The average molecular weight is 381 g/mol. The lowest BCUT2D eigenvalue weighted by molar-refractivity contribution is 0.110. The summed E-state index contributed by atoms with van der Waals surface area (Å²) in [5.41, 5.74) is 4.57. The Bertz CT molecular complexity index is 939. The molecule has 0 amide bonds. The van der Waals surface area contributed by atoms with E-state index in [4.69, 9.17) is 19.2 Å². The predicted octanol–water partition coefficient (Wildman–Crippen LogP) is 4.52. The van der Waals surface area contributed by atoms with E-state index in [0.717, 1.165) is 39.0 Å². The molecule has 5 heteroatoms. The number of hydrogen-bond acceptors (Lipinski definition) is 5. The Morgan fingerprint density at radius 1 is 0.929 bits per heavy atom. The van der Waals surface area contributed by atoms with Gasteiger partial charge in [0.25, 0.3) is 0 Å². The molecule has 1 N–H and O–H groups in total. The second-order valence-electron chi connectivity index (χ2n) is 6.46. The molecular formula is C23H27NO4. The SMILES string of the molecule is CCOCCOc1ccc2c(C)cc(-c3ccc(OCC)c(CO)c3)nc2c1. The first kappa shape index (κ1) is 20.1. The lowest BCUT2D eigenvalue weighted by Crippen LogP contribution is -2.06. The number of fused-ring (bicyclic) bond motifs is 1. The van der Waals surface area contributed by atoms with Crippen LogP contribution in [-0.2, 0) is 11.3 Å². The van der Waals surface area contributed by atoms with E-state index in [-0.39, 0.29) is 6.61 Å². The van der Waals surface area contributed by atoms with Crippen molar-refractivity contribution in [3.63, 3.8) is 0 Å². The van der Waals surface area contributed by atoms with Crippen LogP contribution in [0.15, 0.2) is 42.5 Å². The van der Waals surface area contributed by atoms with Crippen molar-refractivity contribution in [2.24, 2.45) is 0 Å². The van der Waals surface area contributed by atoms with Crippen LogP contribution in [0.5, 0.6) is 11.5 Å². The molecule has 2 aromatic carbocycles. The molecule has 0 atom stereocenters. The molecule has 0 aliphatic carbocycles. The third-order valence-electron chi connectivity index (χ3n) is 4.52. The zero-order valence-corrected chi connectivity index (χ0v) is 16.7. The molecule has 28 heavy (non-hydrogen) atoms. The van der Waals surface area contributed by atoms with Gasteiger partial charge in [-0.2, -0.15) is 0 Å². The van der Waals surface area contributed by atoms with E-state index < -0.39 is 0 Å². The van der Waals surface area contributed by atoms with Gasteiger partial charge in [0, 0.05) is 29.2 Å². The molecule has 0 saturated carbocycles. The number of rotatable bonds is 9. The summed E-state index contributed by atoms with van der Waals surface area (Å²) in [6.45, 7) is 8.21. The number of benzene rings is 2. The molecule has 3 rings (SSSR count). The molecule has 0 fully saturated rings. The highest BCUT2D eigenvalue weighted by molar-refractivity contribution is 5.86. The van der Waals surface area contributed by atoms with E-state index >= 15 is 0 Å². The maximum atomic E-state index is 9.67. The zero-order valence-electron chi connectivity index (χ0n) is 16.7. The molecule has 1 aromatic heterocycles. The normalized spacial score (nSPS) is 11.0. The highest BCUT2D eigenvalue weighted by atomic mass is 16.5. The van der Waals surface area contributed by atoms with E-state index in [1.54, 1.807) is 0 Å². The third-order valence-corrected chi connectivity index (χ3v) is 4.52. The Morgan fingerprint density at radius 3 is 2.54 bits per heavy atom. The number of aliphatic hydroxyl groups excluding tert-OH is 1. The van der Waals surface area contributed by atoms with Crippen LogP contribution in [0.25, 0.3) is 22.2 Å². The molecule has 148 valence electrons. The molecule has 0 radical (unpaired) electrons. The quantitative estimate of drug-likeness (QED) is 0.552. The summed E-state index contributed by atoms with van der Waals surface area (Å²) in [7, 11) is 0. The van der Waals surface area contributed by atoms with Crippen LogP contribution in [0.1, 0.15) is 25.0 Å². The third kappa shape index (κ3) is 4.61. The van der Waals surface area contributed by atoms with Crippen molar-refractivity contribution in [2.45, 2.75) is 27.4 Å². The summed E-state index contributed by atoms with van der Waals surface area (Å²) in [6.07, 6.45) is 0. The van der Waals surface area contributed by atoms with Gasteiger partial charge in [-0.15, -0.1) is 0 Å². The second kappa shape index (κ2) is 9.53. The van der Waals surface area contributed by atoms with Crippen LogP contribution in [0, 0.1) is 6.92 Å². The monoisotopic (exact) mass is 381 g/mol. The van der Waals surface area contributed by atoms with Gasteiger partial charge >= 0.3 is 0 Å². The van der Waals surface area contributed by atoms with Crippen molar-refractivity contribution in [3.05, 3.63) is 53.6 Å². The molecule has 5 nitrogen and oxygen atoms in total. The number of nitrogens with zero attached hydrogens (tertiary/aromatic N) is 1. The fourth-order valence-electron chi connectivity index (χ4n) is 3.14. The number of hydrogen-bond donors (Lipinski definition) is 1. The predicted molar refractivity (Wildman–Crippen MR) is 111 cm³/mol. The van der Waals surface area contributed by atoms with Crippen molar-refractivity contribution in [3.8, 4) is 22.8 Å². The second-order valence-corrected chi connectivity index (χ2v) is 6.46. The molecular weight excluding hydrogens is 354 g/mol.